The van der Waals surface area contributed by atoms with Gasteiger partial charge >= 0.3 is 0 Å². The molecule has 0 atom stereocenters. The van der Waals surface area contributed by atoms with Crippen LogP contribution in [-0.2, 0) is 20.1 Å². The molecule has 161 valence electrons. The van der Waals surface area contributed by atoms with Crippen molar-refractivity contribution in [1.82, 2.24) is 24.1 Å². The molecule has 0 saturated heterocycles. The fourth-order valence-corrected chi connectivity index (χ4v) is 3.99. The van der Waals surface area contributed by atoms with Gasteiger partial charge in [0.25, 0.3) is 0 Å². The van der Waals surface area contributed by atoms with Crippen LogP contribution in [0.4, 0.5) is 0 Å². The average Bonchev–Trinajstić information content (AvgIpc) is 3.46. The zero-order valence-electron chi connectivity index (χ0n) is 17.4. The molecule has 0 fully saturated rings. The van der Waals surface area contributed by atoms with Crippen LogP contribution in [-0.4, -0.2) is 24.1 Å². The van der Waals surface area contributed by atoms with E-state index in [0.717, 1.165) is 33.4 Å². The molecule has 0 N–H and O–H groups in total. The van der Waals surface area contributed by atoms with E-state index in [0.29, 0.717) is 0 Å². The molecule has 0 spiro atoms. The first-order valence-electron chi connectivity index (χ1n) is 10.3. The van der Waals surface area contributed by atoms with Gasteiger partial charge in [0.05, 0.1) is 11.0 Å². The van der Waals surface area contributed by atoms with Gasteiger partial charge in [-0.3, -0.25) is 0 Å². The quantitative estimate of drug-likeness (QED) is 0.180. The van der Waals surface area contributed by atoms with Crippen molar-refractivity contribution in [2.24, 2.45) is 0 Å². The molecule has 7 rings (SSSR count). The van der Waals surface area contributed by atoms with E-state index in [9.17, 15) is 0 Å². The van der Waals surface area contributed by atoms with Gasteiger partial charge in [0, 0.05) is 26.3 Å². The monoisotopic (exact) mass is 604 g/mol. The first kappa shape index (κ1) is 21.0. The van der Waals surface area contributed by atoms with Gasteiger partial charge < -0.3 is 9.55 Å². The molecular formula is C27H17IrN5-2. The molecule has 0 bridgehead atoms. The second-order valence-corrected chi connectivity index (χ2v) is 7.32. The summed E-state index contributed by atoms with van der Waals surface area (Å²) in [5, 5.41) is 7.73. The van der Waals surface area contributed by atoms with E-state index in [1.165, 1.54) is 10.8 Å². The number of pyridine rings is 1. The molecule has 0 amide bonds. The Labute approximate surface area is 203 Å². The molecule has 0 aliphatic heterocycles. The molecule has 0 aliphatic carbocycles. The molecule has 0 saturated carbocycles. The van der Waals surface area contributed by atoms with Crippen molar-refractivity contribution in [3.8, 4) is 5.69 Å². The van der Waals surface area contributed by atoms with Gasteiger partial charge in [0.2, 0.25) is 5.78 Å². The van der Waals surface area contributed by atoms with Crippen LogP contribution in [0.3, 0.4) is 0 Å². The first-order chi connectivity index (χ1) is 15.9. The SMILES string of the molecule is [Ir].[c-]1cccc2ccc3cccnc3c12.[c-]1ccccc1-n1c2ccccc2n2ncnc12. The number of nitrogens with zero attached hydrogens (tertiary/aromatic N) is 5. The van der Waals surface area contributed by atoms with Crippen molar-refractivity contribution in [2.45, 2.75) is 0 Å². The molecule has 33 heavy (non-hydrogen) atoms. The Hall–Kier alpha value is -3.86. The largest absolute Gasteiger partial charge is 0.304 e. The maximum absolute atomic E-state index is 4.38. The van der Waals surface area contributed by atoms with Gasteiger partial charge in [-0.1, -0.05) is 36.0 Å². The molecule has 3 heterocycles. The molecule has 1 radical (unpaired) electrons. The summed E-state index contributed by atoms with van der Waals surface area (Å²) in [6.45, 7) is 0. The standard InChI is InChI=1S/C14H9N4.C13H8N.Ir/c1-2-6-11(7-3-1)17-12-8-4-5-9-13(12)18-14(17)15-10-16-18;1-2-6-12-10(4-1)7-8-11-5-3-9-14-13(11)12;/h1-6,8-10H;1-5,7-9H;/q2*-1;. The Morgan fingerprint density at radius 2 is 1.45 bits per heavy atom. The average molecular weight is 604 g/mol. The summed E-state index contributed by atoms with van der Waals surface area (Å²) in [6, 6.07) is 36.7. The Morgan fingerprint density at radius 1 is 0.667 bits per heavy atom. The zero-order chi connectivity index (χ0) is 21.3. The summed E-state index contributed by atoms with van der Waals surface area (Å²) >= 11 is 0. The summed E-state index contributed by atoms with van der Waals surface area (Å²) in [7, 11) is 0. The topological polar surface area (TPSA) is 48.0 Å². The van der Waals surface area contributed by atoms with E-state index in [4.69, 9.17) is 0 Å². The molecule has 5 nitrogen and oxygen atoms in total. The Morgan fingerprint density at radius 3 is 2.33 bits per heavy atom. The number of hydrogen-bond acceptors (Lipinski definition) is 3. The van der Waals surface area contributed by atoms with Crippen LogP contribution in [0.1, 0.15) is 0 Å². The Bertz CT molecular complexity index is 1630. The van der Waals surface area contributed by atoms with Crippen molar-refractivity contribution in [2.75, 3.05) is 0 Å². The van der Waals surface area contributed by atoms with Crippen molar-refractivity contribution in [3.05, 3.63) is 116 Å². The molecule has 3 aromatic heterocycles. The third-order valence-electron chi connectivity index (χ3n) is 5.42. The maximum atomic E-state index is 4.38. The molecule has 0 aliphatic rings. The van der Waals surface area contributed by atoms with Crippen molar-refractivity contribution in [3.63, 3.8) is 0 Å². The first-order valence-corrected chi connectivity index (χ1v) is 10.3. The van der Waals surface area contributed by atoms with Crippen molar-refractivity contribution in [1.29, 1.82) is 0 Å². The third kappa shape index (κ3) is 3.69. The minimum atomic E-state index is 0. The number of fused-ring (bicyclic) bond motifs is 6. The van der Waals surface area contributed by atoms with E-state index >= 15 is 0 Å². The summed E-state index contributed by atoms with van der Waals surface area (Å²) < 4.78 is 3.90. The number of para-hydroxylation sites is 3. The van der Waals surface area contributed by atoms with Gasteiger partial charge in [0.15, 0.2) is 0 Å². The summed E-state index contributed by atoms with van der Waals surface area (Å²) in [5.41, 5.74) is 4.13. The number of imidazole rings is 1. The minimum Gasteiger partial charge on any atom is -0.304 e. The van der Waals surface area contributed by atoms with Crippen molar-refractivity contribution < 1.29 is 20.1 Å². The van der Waals surface area contributed by atoms with Crippen LogP contribution in [0.25, 0.3) is 44.2 Å². The van der Waals surface area contributed by atoms with E-state index in [1.54, 1.807) is 6.33 Å². The second-order valence-electron chi connectivity index (χ2n) is 7.32. The van der Waals surface area contributed by atoms with E-state index in [1.807, 2.05) is 71.4 Å². The molecule has 6 heteroatoms. The molecular weight excluding hydrogens is 587 g/mol. The Balaban J connectivity index is 0.000000138. The van der Waals surface area contributed by atoms with E-state index in [2.05, 4.69) is 62.1 Å². The molecule has 4 aromatic carbocycles. The van der Waals surface area contributed by atoms with Gasteiger partial charge in [-0.15, -0.1) is 41.1 Å². The van der Waals surface area contributed by atoms with Crippen LogP contribution < -0.4 is 0 Å². The smallest absolute Gasteiger partial charge is 0.236 e. The minimum absolute atomic E-state index is 0. The predicted octanol–water partition coefficient (Wildman–Crippen LogP) is 5.66. The Kier molecular flexibility index (Phi) is 5.69. The fourth-order valence-electron chi connectivity index (χ4n) is 3.99. The zero-order valence-corrected chi connectivity index (χ0v) is 19.8. The van der Waals surface area contributed by atoms with Crippen LogP contribution in [0, 0.1) is 12.1 Å². The summed E-state index contributed by atoms with van der Waals surface area (Å²) in [6.07, 6.45) is 3.39. The maximum Gasteiger partial charge on any atom is 0.236 e. The van der Waals surface area contributed by atoms with Gasteiger partial charge in [-0.05, 0) is 29.1 Å². The van der Waals surface area contributed by atoms with Gasteiger partial charge in [0.1, 0.15) is 6.33 Å². The van der Waals surface area contributed by atoms with E-state index < -0.39 is 0 Å². The second kappa shape index (κ2) is 8.94. The molecule has 0 unspecified atom stereocenters. The molecule has 7 aromatic rings. The van der Waals surface area contributed by atoms with Gasteiger partial charge in [-0.25, -0.2) is 0 Å². The summed E-state index contributed by atoms with van der Waals surface area (Å²) in [5.74, 6) is 0.804. The third-order valence-corrected chi connectivity index (χ3v) is 5.42. The van der Waals surface area contributed by atoms with Crippen molar-refractivity contribution >= 4 is 38.5 Å². The van der Waals surface area contributed by atoms with Crippen LogP contribution in [0.5, 0.6) is 0 Å². The van der Waals surface area contributed by atoms with Crippen LogP contribution >= 0.6 is 0 Å². The number of rotatable bonds is 1. The normalized spacial score (nSPS) is 10.8. The van der Waals surface area contributed by atoms with Crippen LogP contribution in [0.2, 0.25) is 0 Å². The summed E-state index contributed by atoms with van der Waals surface area (Å²) in [4.78, 5) is 8.71. The van der Waals surface area contributed by atoms with E-state index in [-0.39, 0.29) is 20.1 Å². The number of aromatic nitrogens is 5. The fraction of sp³-hybridized carbons (Fsp3) is 0. The van der Waals surface area contributed by atoms with Gasteiger partial charge in [-0.2, -0.15) is 38.9 Å². The number of hydrogen-bond donors (Lipinski definition) is 0. The predicted molar refractivity (Wildman–Crippen MR) is 127 cm³/mol. The van der Waals surface area contributed by atoms with Crippen LogP contribution in [0.15, 0.2) is 104 Å². The number of benzene rings is 4.